The minimum absolute atomic E-state index is 0.282. The molecule has 6 heteroatoms. The zero-order valence-electron chi connectivity index (χ0n) is 16.5. The summed E-state index contributed by atoms with van der Waals surface area (Å²) in [7, 11) is 0. The summed E-state index contributed by atoms with van der Waals surface area (Å²) in [6, 6.07) is 16.7. The van der Waals surface area contributed by atoms with Crippen molar-refractivity contribution in [2.45, 2.75) is 6.54 Å². The molecular weight excluding hydrogens is 364 g/mol. The van der Waals surface area contributed by atoms with Crippen LogP contribution in [0.1, 0.15) is 5.56 Å². The normalized spacial score (nSPS) is 17.0. The lowest BCUT2D eigenvalue weighted by Crippen LogP contribution is -2.47. The first-order chi connectivity index (χ1) is 14.3. The van der Waals surface area contributed by atoms with Crippen LogP contribution in [0.15, 0.2) is 54.7 Å². The van der Waals surface area contributed by atoms with Crippen LogP contribution in [0.5, 0.6) is 11.5 Å². The number of hydrogen-bond donors (Lipinski definition) is 1. The minimum Gasteiger partial charge on any atom is -0.454 e. The maximum Gasteiger partial charge on any atom is 0.231 e. The highest BCUT2D eigenvalue weighted by Gasteiger charge is 2.18. The van der Waals surface area contributed by atoms with Crippen molar-refractivity contribution in [3.8, 4) is 11.5 Å². The SMILES string of the molecule is c1ccc(CN2CCN(CCNc3ccnc4cc5c(cc34)OCO5)CC2)cc1. The van der Waals surface area contributed by atoms with Crippen LogP contribution in [0.3, 0.4) is 0 Å². The monoisotopic (exact) mass is 390 g/mol. The van der Waals surface area contributed by atoms with Gasteiger partial charge in [-0.1, -0.05) is 30.3 Å². The molecule has 29 heavy (non-hydrogen) atoms. The van der Waals surface area contributed by atoms with Crippen LogP contribution in [0.4, 0.5) is 5.69 Å². The number of ether oxygens (including phenoxy) is 2. The number of piperazine rings is 1. The average Bonchev–Trinajstić information content (AvgIpc) is 3.22. The topological polar surface area (TPSA) is 49.9 Å². The predicted octanol–water partition coefficient (Wildman–Crippen LogP) is 3.19. The third kappa shape index (κ3) is 4.13. The fourth-order valence-corrected chi connectivity index (χ4v) is 4.05. The standard InChI is InChI=1S/C23H26N4O2/c1-2-4-18(5-3-1)16-27-12-10-26(11-13-27)9-8-25-20-6-7-24-21-15-23-22(14-19(20)21)28-17-29-23/h1-7,14-15H,8-13,16-17H2,(H,24,25). The van der Waals surface area contributed by atoms with E-state index in [1.807, 2.05) is 24.4 Å². The van der Waals surface area contributed by atoms with Gasteiger partial charge < -0.3 is 14.8 Å². The smallest absolute Gasteiger partial charge is 0.231 e. The number of hydrogen-bond acceptors (Lipinski definition) is 6. The molecule has 1 N–H and O–H groups in total. The third-order valence-corrected chi connectivity index (χ3v) is 5.69. The molecule has 0 spiro atoms. The van der Waals surface area contributed by atoms with Gasteiger partial charge in [0.2, 0.25) is 6.79 Å². The van der Waals surface area contributed by atoms with Gasteiger partial charge in [0.05, 0.1) is 5.52 Å². The van der Waals surface area contributed by atoms with Gasteiger partial charge in [0.15, 0.2) is 11.5 Å². The number of nitrogens with one attached hydrogen (secondary N) is 1. The number of pyridine rings is 1. The van der Waals surface area contributed by atoms with E-state index in [0.717, 1.165) is 73.9 Å². The van der Waals surface area contributed by atoms with E-state index in [4.69, 9.17) is 9.47 Å². The number of aromatic nitrogens is 1. The van der Waals surface area contributed by atoms with Crippen LogP contribution in [-0.2, 0) is 6.54 Å². The molecule has 0 bridgehead atoms. The van der Waals surface area contributed by atoms with Crippen molar-refractivity contribution in [3.05, 3.63) is 60.3 Å². The fraction of sp³-hybridized carbons (Fsp3) is 0.348. The van der Waals surface area contributed by atoms with Gasteiger partial charge in [-0.3, -0.25) is 14.8 Å². The highest BCUT2D eigenvalue weighted by molar-refractivity contribution is 5.93. The zero-order chi connectivity index (χ0) is 19.5. The summed E-state index contributed by atoms with van der Waals surface area (Å²) >= 11 is 0. The third-order valence-electron chi connectivity index (χ3n) is 5.69. The Balaban J connectivity index is 1.14. The van der Waals surface area contributed by atoms with Crippen molar-refractivity contribution in [3.63, 3.8) is 0 Å². The molecule has 3 aromatic rings. The van der Waals surface area contributed by atoms with Gasteiger partial charge in [0.25, 0.3) is 0 Å². The van der Waals surface area contributed by atoms with E-state index < -0.39 is 0 Å². The lowest BCUT2D eigenvalue weighted by Gasteiger charge is -2.34. The number of anilines is 1. The summed E-state index contributed by atoms with van der Waals surface area (Å²) < 4.78 is 11.0. The number of rotatable bonds is 6. The second kappa shape index (κ2) is 8.27. The molecule has 1 saturated heterocycles. The van der Waals surface area contributed by atoms with Crippen molar-refractivity contribution in [2.75, 3.05) is 51.4 Å². The van der Waals surface area contributed by atoms with Gasteiger partial charge in [-0.2, -0.15) is 0 Å². The van der Waals surface area contributed by atoms with E-state index in [1.54, 1.807) is 0 Å². The Labute approximate surface area is 171 Å². The fourth-order valence-electron chi connectivity index (χ4n) is 4.05. The maximum absolute atomic E-state index is 5.52. The van der Waals surface area contributed by atoms with Crippen molar-refractivity contribution >= 4 is 16.6 Å². The second-order valence-corrected chi connectivity index (χ2v) is 7.61. The first-order valence-electron chi connectivity index (χ1n) is 10.3. The highest BCUT2D eigenvalue weighted by atomic mass is 16.7. The van der Waals surface area contributed by atoms with Gasteiger partial charge in [-0.15, -0.1) is 0 Å². The largest absolute Gasteiger partial charge is 0.454 e. The summed E-state index contributed by atoms with van der Waals surface area (Å²) in [6.45, 7) is 7.75. The Bertz CT molecular complexity index is 971. The van der Waals surface area contributed by atoms with Crippen LogP contribution < -0.4 is 14.8 Å². The van der Waals surface area contributed by atoms with E-state index >= 15 is 0 Å². The van der Waals surface area contributed by atoms with E-state index in [9.17, 15) is 0 Å². The lowest BCUT2D eigenvalue weighted by atomic mass is 10.1. The van der Waals surface area contributed by atoms with E-state index in [0.29, 0.717) is 0 Å². The van der Waals surface area contributed by atoms with Crippen LogP contribution in [0.25, 0.3) is 10.9 Å². The highest BCUT2D eigenvalue weighted by Crippen LogP contribution is 2.37. The van der Waals surface area contributed by atoms with E-state index in [-0.39, 0.29) is 6.79 Å². The van der Waals surface area contributed by atoms with Gasteiger partial charge in [-0.05, 0) is 17.7 Å². The van der Waals surface area contributed by atoms with Gasteiger partial charge >= 0.3 is 0 Å². The molecule has 0 amide bonds. The van der Waals surface area contributed by atoms with E-state index in [1.165, 1.54) is 5.56 Å². The maximum atomic E-state index is 5.52. The van der Waals surface area contributed by atoms with Crippen LogP contribution in [0.2, 0.25) is 0 Å². The lowest BCUT2D eigenvalue weighted by molar-refractivity contribution is 0.130. The number of nitrogens with zero attached hydrogens (tertiary/aromatic N) is 3. The Kier molecular flexibility index (Phi) is 5.19. The van der Waals surface area contributed by atoms with Gasteiger partial charge in [0.1, 0.15) is 0 Å². The Morgan fingerprint density at radius 1 is 0.897 bits per heavy atom. The molecular formula is C23H26N4O2. The summed E-state index contributed by atoms with van der Waals surface area (Å²) in [6.07, 6.45) is 1.84. The molecule has 0 radical (unpaired) electrons. The molecule has 1 fully saturated rings. The summed E-state index contributed by atoms with van der Waals surface area (Å²) in [5.74, 6) is 1.57. The molecule has 0 atom stereocenters. The molecule has 2 aliphatic rings. The number of benzene rings is 2. The van der Waals surface area contributed by atoms with Crippen molar-refractivity contribution in [1.82, 2.24) is 14.8 Å². The van der Waals surface area contributed by atoms with Crippen LogP contribution >= 0.6 is 0 Å². The van der Waals surface area contributed by atoms with Gasteiger partial charge in [0, 0.05) is 69.2 Å². The summed E-state index contributed by atoms with van der Waals surface area (Å²) in [4.78, 5) is 9.54. The summed E-state index contributed by atoms with van der Waals surface area (Å²) in [5.41, 5.74) is 3.41. The van der Waals surface area contributed by atoms with Crippen LogP contribution in [0, 0.1) is 0 Å². The van der Waals surface area contributed by atoms with Gasteiger partial charge in [-0.25, -0.2) is 0 Å². The molecule has 0 aliphatic carbocycles. The first-order valence-corrected chi connectivity index (χ1v) is 10.3. The molecule has 2 aromatic carbocycles. The molecule has 2 aliphatic heterocycles. The zero-order valence-corrected chi connectivity index (χ0v) is 16.5. The molecule has 150 valence electrons. The quantitative estimate of drug-likeness (QED) is 0.698. The average molecular weight is 390 g/mol. The Morgan fingerprint density at radius 3 is 2.48 bits per heavy atom. The molecule has 0 unspecified atom stereocenters. The van der Waals surface area contributed by atoms with Crippen molar-refractivity contribution in [2.24, 2.45) is 0 Å². The van der Waals surface area contributed by atoms with Crippen molar-refractivity contribution < 1.29 is 9.47 Å². The van der Waals surface area contributed by atoms with E-state index in [2.05, 4.69) is 50.4 Å². The summed E-state index contributed by atoms with van der Waals surface area (Å²) in [5, 5.41) is 4.66. The molecule has 5 rings (SSSR count). The molecule has 6 nitrogen and oxygen atoms in total. The van der Waals surface area contributed by atoms with Crippen molar-refractivity contribution in [1.29, 1.82) is 0 Å². The second-order valence-electron chi connectivity index (χ2n) is 7.61. The molecule has 0 saturated carbocycles. The first kappa shape index (κ1) is 18.2. The molecule has 3 heterocycles. The van der Waals surface area contributed by atoms with Crippen LogP contribution in [-0.4, -0.2) is 60.8 Å². The Hall–Kier alpha value is -2.83. The Morgan fingerprint density at radius 2 is 1.66 bits per heavy atom. The molecule has 1 aromatic heterocycles. The number of fused-ring (bicyclic) bond motifs is 2. The predicted molar refractivity (Wildman–Crippen MR) is 115 cm³/mol. The minimum atomic E-state index is 0.282.